The third-order valence-corrected chi connectivity index (χ3v) is 3.04. The zero-order valence-corrected chi connectivity index (χ0v) is 12.9. The lowest BCUT2D eigenvalue weighted by Crippen LogP contribution is -2.18. The van der Waals surface area contributed by atoms with Crippen molar-refractivity contribution in [2.45, 2.75) is 26.8 Å². The van der Waals surface area contributed by atoms with Crippen molar-refractivity contribution in [3.05, 3.63) is 29.6 Å². The minimum atomic E-state index is -0.433. The Morgan fingerprint density at radius 3 is 2.71 bits per heavy atom. The van der Waals surface area contributed by atoms with Crippen molar-refractivity contribution in [2.75, 3.05) is 26.9 Å². The van der Waals surface area contributed by atoms with Gasteiger partial charge >= 0.3 is 0 Å². The lowest BCUT2D eigenvalue weighted by atomic mass is 9.92. The van der Waals surface area contributed by atoms with Gasteiger partial charge in [-0.25, -0.2) is 4.39 Å². The Labute approximate surface area is 125 Å². The molecule has 0 unspecified atom stereocenters. The number of nitrogens with one attached hydrogen (secondary N) is 1. The van der Waals surface area contributed by atoms with Crippen LogP contribution in [0, 0.1) is 22.6 Å². The van der Waals surface area contributed by atoms with Crippen LogP contribution in [0.3, 0.4) is 0 Å². The van der Waals surface area contributed by atoms with Crippen LogP contribution < -0.4 is 10.1 Å². The zero-order valence-electron chi connectivity index (χ0n) is 12.9. The highest BCUT2D eigenvalue weighted by Crippen LogP contribution is 2.21. The van der Waals surface area contributed by atoms with Crippen LogP contribution in [0.4, 0.5) is 4.39 Å². The molecule has 0 amide bonds. The molecule has 0 aliphatic carbocycles. The smallest absolute Gasteiger partial charge is 0.127 e. The molecule has 0 saturated heterocycles. The van der Waals surface area contributed by atoms with Gasteiger partial charge < -0.3 is 14.8 Å². The Bertz CT molecular complexity index is 484. The summed E-state index contributed by atoms with van der Waals surface area (Å²) in [5.41, 5.74) is 0.387. The molecule has 0 aliphatic heterocycles. The molecular weight excluding hydrogens is 271 g/mol. The quantitative estimate of drug-likeness (QED) is 0.712. The highest BCUT2D eigenvalue weighted by molar-refractivity contribution is 5.29. The Balaban J connectivity index is 2.51. The normalized spacial score (nSPS) is 11.2. The summed E-state index contributed by atoms with van der Waals surface area (Å²) in [5.74, 6) is 0.169. The van der Waals surface area contributed by atoms with Gasteiger partial charge in [0, 0.05) is 26.3 Å². The van der Waals surface area contributed by atoms with E-state index in [2.05, 4.69) is 11.4 Å². The van der Waals surface area contributed by atoms with Crippen LogP contribution in [0.25, 0.3) is 0 Å². The van der Waals surface area contributed by atoms with Crippen molar-refractivity contribution >= 4 is 0 Å². The largest absolute Gasteiger partial charge is 0.493 e. The molecule has 1 aromatic rings. The zero-order chi connectivity index (χ0) is 15.7. The first-order valence-electron chi connectivity index (χ1n) is 7.00. The summed E-state index contributed by atoms with van der Waals surface area (Å²) in [6.07, 6.45) is 0.599. The van der Waals surface area contributed by atoms with Gasteiger partial charge in [-0.05, 0) is 38.0 Å². The highest BCUT2D eigenvalue weighted by Gasteiger charge is 2.16. The lowest BCUT2D eigenvalue weighted by molar-refractivity contribution is 0.199. The summed E-state index contributed by atoms with van der Waals surface area (Å²) in [6.45, 7) is 5.98. The second-order valence-electron chi connectivity index (χ2n) is 5.56. The number of ether oxygens (including phenoxy) is 2. The topological polar surface area (TPSA) is 54.3 Å². The van der Waals surface area contributed by atoms with Gasteiger partial charge in [-0.2, -0.15) is 5.26 Å². The van der Waals surface area contributed by atoms with Crippen molar-refractivity contribution in [2.24, 2.45) is 5.41 Å². The molecule has 0 aliphatic rings. The average molecular weight is 294 g/mol. The molecule has 0 aromatic heterocycles. The fourth-order valence-electron chi connectivity index (χ4n) is 1.69. The maximum atomic E-state index is 13.5. The standard InChI is InChI=1S/C16H23FN2O2/c1-16(2,12-18)4-6-21-15-9-13(8-14(17)10-15)11-19-5-7-20-3/h8-10,19H,4-7,11H2,1-3H3. The molecule has 0 saturated carbocycles. The Kier molecular flexibility index (Phi) is 7.13. The van der Waals surface area contributed by atoms with Crippen LogP contribution in [-0.4, -0.2) is 26.9 Å². The first-order chi connectivity index (χ1) is 9.96. The van der Waals surface area contributed by atoms with Crippen molar-refractivity contribution < 1.29 is 13.9 Å². The van der Waals surface area contributed by atoms with Crippen LogP contribution in [0.2, 0.25) is 0 Å². The van der Waals surface area contributed by atoms with E-state index in [1.807, 2.05) is 19.9 Å². The third kappa shape index (κ3) is 7.07. The van der Waals surface area contributed by atoms with E-state index in [-0.39, 0.29) is 5.82 Å². The first-order valence-corrected chi connectivity index (χ1v) is 7.00. The molecule has 1 aromatic carbocycles. The SMILES string of the molecule is COCCNCc1cc(F)cc(OCCC(C)(C)C#N)c1. The fourth-order valence-corrected chi connectivity index (χ4v) is 1.69. The Morgan fingerprint density at radius 1 is 1.29 bits per heavy atom. The predicted molar refractivity (Wildman–Crippen MR) is 79.5 cm³/mol. The van der Waals surface area contributed by atoms with Crippen molar-refractivity contribution in [3.8, 4) is 11.8 Å². The van der Waals surface area contributed by atoms with Crippen molar-refractivity contribution in [1.82, 2.24) is 5.32 Å². The van der Waals surface area contributed by atoms with Gasteiger partial charge in [0.2, 0.25) is 0 Å². The molecule has 1 rings (SSSR count). The molecule has 0 bridgehead atoms. The van der Waals surface area contributed by atoms with E-state index < -0.39 is 5.41 Å². The number of hydrogen-bond donors (Lipinski definition) is 1. The number of nitrogens with zero attached hydrogens (tertiary/aromatic N) is 1. The molecule has 0 atom stereocenters. The number of nitriles is 1. The second kappa shape index (κ2) is 8.60. The van der Waals surface area contributed by atoms with Gasteiger partial charge in [-0.1, -0.05) is 0 Å². The fraction of sp³-hybridized carbons (Fsp3) is 0.562. The Hall–Kier alpha value is -1.64. The molecule has 5 heteroatoms. The first kappa shape index (κ1) is 17.4. The van der Waals surface area contributed by atoms with E-state index in [9.17, 15) is 4.39 Å². The molecule has 4 nitrogen and oxygen atoms in total. The maximum Gasteiger partial charge on any atom is 0.127 e. The summed E-state index contributed by atoms with van der Waals surface area (Å²) in [7, 11) is 1.64. The van der Waals surface area contributed by atoms with Gasteiger partial charge in [0.15, 0.2) is 0 Å². The Morgan fingerprint density at radius 2 is 2.05 bits per heavy atom. The third-order valence-electron chi connectivity index (χ3n) is 3.04. The molecule has 116 valence electrons. The van der Waals surface area contributed by atoms with Gasteiger partial charge in [-0.3, -0.25) is 0 Å². The number of rotatable bonds is 9. The van der Waals surface area contributed by atoms with E-state index in [0.717, 1.165) is 5.56 Å². The van der Waals surface area contributed by atoms with Crippen LogP contribution in [0.1, 0.15) is 25.8 Å². The van der Waals surface area contributed by atoms with E-state index in [1.165, 1.54) is 12.1 Å². The summed E-state index contributed by atoms with van der Waals surface area (Å²) < 4.78 is 24.0. The van der Waals surface area contributed by atoms with E-state index in [0.29, 0.717) is 38.5 Å². The van der Waals surface area contributed by atoms with E-state index in [1.54, 1.807) is 7.11 Å². The van der Waals surface area contributed by atoms with Crippen LogP contribution in [0.15, 0.2) is 18.2 Å². The van der Waals surface area contributed by atoms with Crippen LogP contribution >= 0.6 is 0 Å². The summed E-state index contributed by atoms with van der Waals surface area (Å²) in [5, 5.41) is 12.1. The number of halogens is 1. The maximum absolute atomic E-state index is 13.5. The van der Waals surface area contributed by atoms with Gasteiger partial charge in [0.1, 0.15) is 11.6 Å². The number of methoxy groups -OCH3 is 1. The lowest BCUT2D eigenvalue weighted by Gasteiger charge is -2.15. The summed E-state index contributed by atoms with van der Waals surface area (Å²) in [6, 6.07) is 6.86. The second-order valence-corrected chi connectivity index (χ2v) is 5.56. The molecule has 0 heterocycles. The number of hydrogen-bond acceptors (Lipinski definition) is 4. The minimum absolute atomic E-state index is 0.324. The van der Waals surface area contributed by atoms with E-state index in [4.69, 9.17) is 14.7 Å². The van der Waals surface area contributed by atoms with Crippen LogP contribution in [0.5, 0.6) is 5.75 Å². The molecule has 0 spiro atoms. The monoisotopic (exact) mass is 294 g/mol. The highest BCUT2D eigenvalue weighted by atomic mass is 19.1. The molecular formula is C16H23FN2O2. The molecule has 0 fully saturated rings. The van der Waals surface area contributed by atoms with Gasteiger partial charge in [-0.15, -0.1) is 0 Å². The molecule has 0 radical (unpaired) electrons. The summed E-state index contributed by atoms with van der Waals surface area (Å²) >= 11 is 0. The van der Waals surface area contributed by atoms with Gasteiger partial charge in [0.05, 0.1) is 24.7 Å². The van der Waals surface area contributed by atoms with Crippen molar-refractivity contribution in [3.63, 3.8) is 0 Å². The van der Waals surface area contributed by atoms with E-state index >= 15 is 0 Å². The molecule has 21 heavy (non-hydrogen) atoms. The summed E-state index contributed by atoms with van der Waals surface area (Å²) in [4.78, 5) is 0. The van der Waals surface area contributed by atoms with Crippen LogP contribution in [-0.2, 0) is 11.3 Å². The van der Waals surface area contributed by atoms with Gasteiger partial charge in [0.25, 0.3) is 0 Å². The number of benzene rings is 1. The minimum Gasteiger partial charge on any atom is -0.493 e. The average Bonchev–Trinajstić information content (AvgIpc) is 2.43. The molecule has 1 N–H and O–H groups in total. The van der Waals surface area contributed by atoms with Crippen molar-refractivity contribution in [1.29, 1.82) is 5.26 Å². The predicted octanol–water partition coefficient (Wildman–Crippen LogP) is 2.88.